The first-order valence-corrected chi connectivity index (χ1v) is 12.5. The first-order chi connectivity index (χ1) is 16.1. The summed E-state index contributed by atoms with van der Waals surface area (Å²) in [5.41, 5.74) is 1.62. The van der Waals surface area contributed by atoms with Crippen molar-refractivity contribution in [3.63, 3.8) is 0 Å². The highest BCUT2D eigenvalue weighted by Gasteiger charge is 2.32. The van der Waals surface area contributed by atoms with Gasteiger partial charge in [-0.05, 0) is 51.2 Å². The number of imide groups is 1. The number of unbranched alkanes of at least 4 members (excludes halogenated alkanes) is 7. The van der Waals surface area contributed by atoms with E-state index in [-0.39, 0.29) is 25.2 Å². The van der Waals surface area contributed by atoms with Gasteiger partial charge < -0.3 is 9.57 Å². The van der Waals surface area contributed by atoms with Crippen molar-refractivity contribution in [3.05, 3.63) is 35.4 Å². The van der Waals surface area contributed by atoms with Gasteiger partial charge in [0.15, 0.2) is 0 Å². The molecule has 0 N–H and O–H groups in total. The first kappa shape index (κ1) is 27.5. The second-order valence-electron chi connectivity index (χ2n) is 9.95. The van der Waals surface area contributed by atoms with Crippen LogP contribution in [0.2, 0.25) is 0 Å². The van der Waals surface area contributed by atoms with Crippen LogP contribution in [0.5, 0.6) is 0 Å². The Morgan fingerprint density at radius 1 is 0.765 bits per heavy atom. The Morgan fingerprint density at radius 2 is 1.26 bits per heavy atom. The van der Waals surface area contributed by atoms with Crippen molar-refractivity contribution >= 4 is 23.8 Å². The van der Waals surface area contributed by atoms with Crippen LogP contribution in [0.25, 0.3) is 0 Å². The van der Waals surface area contributed by atoms with Crippen molar-refractivity contribution < 1.29 is 28.8 Å². The van der Waals surface area contributed by atoms with E-state index >= 15 is 0 Å². The van der Waals surface area contributed by atoms with Gasteiger partial charge in [-0.15, -0.1) is 5.06 Å². The molecule has 0 saturated carbocycles. The number of ether oxygens (including phenoxy) is 1. The fourth-order valence-corrected chi connectivity index (χ4v) is 3.83. The molecule has 188 valence electrons. The Balaban J connectivity index is 1.49. The second-order valence-corrected chi connectivity index (χ2v) is 9.95. The van der Waals surface area contributed by atoms with Crippen LogP contribution in [-0.2, 0) is 41.6 Å². The van der Waals surface area contributed by atoms with Gasteiger partial charge in [0.1, 0.15) is 5.60 Å². The van der Waals surface area contributed by atoms with Crippen molar-refractivity contribution in [3.8, 4) is 0 Å². The second kappa shape index (κ2) is 13.9. The summed E-state index contributed by atoms with van der Waals surface area (Å²) in [7, 11) is 0. The normalized spacial score (nSPS) is 13.9. The smallest absolute Gasteiger partial charge is 0.337 e. The third-order valence-corrected chi connectivity index (χ3v) is 5.59. The maximum atomic E-state index is 12.0. The number of aryl methyl sites for hydroxylation is 1. The minimum atomic E-state index is -0.610. The zero-order chi connectivity index (χ0) is 25.0. The monoisotopic (exact) mass is 473 g/mol. The van der Waals surface area contributed by atoms with E-state index in [9.17, 15) is 19.2 Å². The molecular formula is C27H39NO6. The topological polar surface area (TPSA) is 90.0 Å². The number of hydrogen-bond donors (Lipinski definition) is 0. The lowest BCUT2D eigenvalue weighted by atomic mass is 10.0. The number of esters is 1. The van der Waals surface area contributed by atoms with E-state index in [0.717, 1.165) is 37.7 Å². The van der Waals surface area contributed by atoms with Crippen LogP contribution in [0, 0.1) is 0 Å². The SMILES string of the molecule is CC(C)(C)OC(=O)CCCCCCCCCCc1ccc(CC(=O)ON2C(=O)CCC2=O)cc1. The summed E-state index contributed by atoms with van der Waals surface area (Å²) in [6.07, 6.45) is 10.8. The molecular weight excluding hydrogens is 434 g/mol. The van der Waals surface area contributed by atoms with Crippen LogP contribution in [0.4, 0.5) is 0 Å². The van der Waals surface area contributed by atoms with Gasteiger partial charge in [0.2, 0.25) is 0 Å². The molecule has 1 aromatic carbocycles. The lowest BCUT2D eigenvalue weighted by molar-refractivity contribution is -0.197. The Labute approximate surface area is 203 Å². The van der Waals surface area contributed by atoms with E-state index in [0.29, 0.717) is 11.5 Å². The molecule has 1 aliphatic rings. The minimum Gasteiger partial charge on any atom is -0.460 e. The molecule has 1 aromatic rings. The maximum absolute atomic E-state index is 12.0. The summed E-state index contributed by atoms with van der Waals surface area (Å²) in [6.45, 7) is 5.68. The summed E-state index contributed by atoms with van der Waals surface area (Å²) in [5, 5.41) is 0.584. The lowest BCUT2D eigenvalue weighted by Crippen LogP contribution is -2.32. The predicted octanol–water partition coefficient (Wildman–Crippen LogP) is 5.23. The van der Waals surface area contributed by atoms with Crippen molar-refractivity contribution in [2.24, 2.45) is 0 Å². The van der Waals surface area contributed by atoms with E-state index in [1.165, 1.54) is 31.2 Å². The molecule has 0 bridgehead atoms. The zero-order valence-electron chi connectivity index (χ0n) is 20.9. The van der Waals surface area contributed by atoms with Crippen LogP contribution in [0.15, 0.2) is 24.3 Å². The molecule has 0 spiro atoms. The first-order valence-electron chi connectivity index (χ1n) is 12.5. The number of benzene rings is 1. The molecule has 7 nitrogen and oxygen atoms in total. The largest absolute Gasteiger partial charge is 0.460 e. The minimum absolute atomic E-state index is 0.0229. The molecule has 7 heteroatoms. The quantitative estimate of drug-likeness (QED) is 0.209. The molecule has 1 heterocycles. The molecule has 1 aliphatic heterocycles. The van der Waals surface area contributed by atoms with Crippen molar-refractivity contribution in [2.45, 2.75) is 110 Å². The third-order valence-electron chi connectivity index (χ3n) is 5.59. The molecule has 0 atom stereocenters. The fourth-order valence-electron chi connectivity index (χ4n) is 3.83. The highest BCUT2D eigenvalue weighted by atomic mass is 16.7. The molecule has 1 saturated heterocycles. The molecule has 2 amide bonds. The van der Waals surface area contributed by atoms with Crippen LogP contribution >= 0.6 is 0 Å². The van der Waals surface area contributed by atoms with Gasteiger partial charge in [0, 0.05) is 19.3 Å². The summed E-state index contributed by atoms with van der Waals surface area (Å²) in [5.74, 6) is -1.64. The van der Waals surface area contributed by atoms with Crippen LogP contribution in [-0.4, -0.2) is 34.4 Å². The Kier molecular flexibility index (Phi) is 11.2. The maximum Gasteiger partial charge on any atom is 0.337 e. The van der Waals surface area contributed by atoms with E-state index < -0.39 is 23.4 Å². The van der Waals surface area contributed by atoms with E-state index in [2.05, 4.69) is 0 Å². The average Bonchev–Trinajstić information content (AvgIpc) is 3.07. The Morgan fingerprint density at radius 3 is 1.82 bits per heavy atom. The Bertz CT molecular complexity index is 809. The number of hydroxylamine groups is 2. The molecule has 0 aliphatic carbocycles. The fraction of sp³-hybridized carbons (Fsp3) is 0.630. The Hall–Kier alpha value is -2.70. The number of nitrogens with zero attached hydrogens (tertiary/aromatic N) is 1. The van der Waals surface area contributed by atoms with Gasteiger partial charge >= 0.3 is 11.9 Å². The van der Waals surface area contributed by atoms with Crippen LogP contribution in [0.3, 0.4) is 0 Å². The number of rotatable bonds is 14. The predicted molar refractivity (Wildman–Crippen MR) is 128 cm³/mol. The number of carbonyl (C=O) groups excluding carboxylic acids is 4. The molecule has 1 fully saturated rings. The van der Waals surface area contributed by atoms with Crippen molar-refractivity contribution in [1.29, 1.82) is 0 Å². The molecule has 0 radical (unpaired) electrons. The average molecular weight is 474 g/mol. The molecule has 2 rings (SSSR count). The zero-order valence-corrected chi connectivity index (χ0v) is 20.9. The number of amides is 2. The summed E-state index contributed by atoms with van der Waals surface area (Å²) >= 11 is 0. The summed E-state index contributed by atoms with van der Waals surface area (Å²) in [6, 6.07) is 7.81. The van der Waals surface area contributed by atoms with Gasteiger partial charge in [-0.3, -0.25) is 14.4 Å². The van der Waals surface area contributed by atoms with E-state index in [4.69, 9.17) is 9.57 Å². The van der Waals surface area contributed by atoms with E-state index in [1.54, 1.807) is 0 Å². The van der Waals surface area contributed by atoms with Gasteiger partial charge in [0.25, 0.3) is 11.8 Å². The highest BCUT2D eigenvalue weighted by molar-refractivity contribution is 6.01. The van der Waals surface area contributed by atoms with Crippen molar-refractivity contribution in [1.82, 2.24) is 5.06 Å². The highest BCUT2D eigenvalue weighted by Crippen LogP contribution is 2.16. The third kappa shape index (κ3) is 10.9. The van der Waals surface area contributed by atoms with Gasteiger partial charge in [-0.2, -0.15) is 0 Å². The lowest BCUT2D eigenvalue weighted by Gasteiger charge is -2.19. The number of carbonyl (C=O) groups is 4. The van der Waals surface area contributed by atoms with Gasteiger partial charge in [-0.1, -0.05) is 62.8 Å². The standard InChI is InChI=1S/C27H39NO6/c1-27(2,3)33-25(31)13-11-9-7-5-4-6-8-10-12-21-14-16-22(17-15-21)20-26(32)34-28-23(29)18-19-24(28)30/h14-17H,4-13,18-20H2,1-3H3. The van der Waals surface area contributed by atoms with Crippen LogP contribution < -0.4 is 0 Å². The van der Waals surface area contributed by atoms with E-state index in [1.807, 2.05) is 45.0 Å². The van der Waals surface area contributed by atoms with Crippen LogP contribution in [0.1, 0.15) is 103 Å². The summed E-state index contributed by atoms with van der Waals surface area (Å²) < 4.78 is 5.32. The molecule has 0 unspecified atom stereocenters. The molecule has 34 heavy (non-hydrogen) atoms. The van der Waals surface area contributed by atoms with Gasteiger partial charge in [-0.25, -0.2) is 4.79 Å². The van der Waals surface area contributed by atoms with Gasteiger partial charge in [0.05, 0.1) is 6.42 Å². The molecule has 0 aromatic heterocycles. The number of hydrogen-bond acceptors (Lipinski definition) is 6. The summed E-state index contributed by atoms with van der Waals surface area (Å²) in [4.78, 5) is 51.6. The van der Waals surface area contributed by atoms with Crippen molar-refractivity contribution in [2.75, 3.05) is 0 Å².